The molecule has 194 valence electrons. The van der Waals surface area contributed by atoms with Gasteiger partial charge in [0.2, 0.25) is 5.88 Å². The van der Waals surface area contributed by atoms with E-state index in [1.807, 2.05) is 31.2 Å². The van der Waals surface area contributed by atoms with Crippen molar-refractivity contribution in [3.63, 3.8) is 0 Å². The molecule has 0 amide bonds. The summed E-state index contributed by atoms with van der Waals surface area (Å²) in [7, 11) is 0. The molecule has 0 radical (unpaired) electrons. The lowest BCUT2D eigenvalue weighted by molar-refractivity contribution is -0.141. The lowest BCUT2D eigenvalue weighted by atomic mass is 9.97. The Hall–Kier alpha value is -4.54. The Bertz CT molecular complexity index is 1590. The fourth-order valence-corrected chi connectivity index (χ4v) is 4.02. The number of rotatable bonds is 6. The van der Waals surface area contributed by atoms with E-state index in [9.17, 15) is 22.0 Å². The smallest absolute Gasteiger partial charge is 0.435 e. The van der Waals surface area contributed by atoms with Crippen molar-refractivity contribution in [2.75, 3.05) is 0 Å². The third-order valence-corrected chi connectivity index (χ3v) is 5.67. The molecule has 0 aliphatic rings. The molecule has 0 unspecified atom stereocenters. The summed E-state index contributed by atoms with van der Waals surface area (Å²) in [5, 5.41) is 3.74. The van der Waals surface area contributed by atoms with Crippen LogP contribution in [-0.2, 0) is 6.18 Å². The summed E-state index contributed by atoms with van der Waals surface area (Å²) in [6.07, 6.45) is -2.10. The molecule has 0 saturated heterocycles. The maximum absolute atomic E-state index is 13.3. The minimum absolute atomic E-state index is 0.254. The van der Waals surface area contributed by atoms with Gasteiger partial charge in [-0.25, -0.2) is 14.6 Å². The van der Waals surface area contributed by atoms with Crippen molar-refractivity contribution in [2.24, 2.45) is 0 Å². The second kappa shape index (κ2) is 9.73. The van der Waals surface area contributed by atoms with E-state index in [1.165, 1.54) is 24.5 Å². The van der Waals surface area contributed by atoms with E-state index in [0.717, 1.165) is 27.4 Å². The van der Waals surface area contributed by atoms with Crippen molar-refractivity contribution in [2.45, 2.75) is 26.6 Å². The van der Waals surface area contributed by atoms with Crippen LogP contribution < -0.4 is 4.74 Å². The predicted octanol–water partition coefficient (Wildman–Crippen LogP) is 7.49. The quantitative estimate of drug-likeness (QED) is 0.215. The van der Waals surface area contributed by atoms with Crippen molar-refractivity contribution in [1.29, 1.82) is 0 Å². The number of benzene rings is 2. The van der Waals surface area contributed by atoms with E-state index in [1.54, 1.807) is 25.1 Å². The van der Waals surface area contributed by atoms with Gasteiger partial charge in [0, 0.05) is 36.5 Å². The first kappa shape index (κ1) is 25.1. The molecule has 6 nitrogen and oxygen atoms in total. The zero-order valence-electron chi connectivity index (χ0n) is 20.0. The maximum Gasteiger partial charge on any atom is 0.435 e. The number of alkyl halides is 5. The Morgan fingerprint density at radius 1 is 0.921 bits per heavy atom. The first-order valence-electron chi connectivity index (χ1n) is 11.3. The molecule has 0 N–H and O–H groups in total. The third-order valence-electron chi connectivity index (χ3n) is 5.67. The summed E-state index contributed by atoms with van der Waals surface area (Å²) in [4.78, 5) is 8.41. The molecule has 38 heavy (non-hydrogen) atoms. The van der Waals surface area contributed by atoms with Gasteiger partial charge in [0.1, 0.15) is 5.69 Å². The molecule has 0 bridgehead atoms. The Morgan fingerprint density at radius 3 is 2.34 bits per heavy atom. The normalized spacial score (nSPS) is 11.8. The number of hydrogen-bond acceptors (Lipinski definition) is 5. The van der Waals surface area contributed by atoms with Gasteiger partial charge in [0.15, 0.2) is 17.3 Å². The average molecular weight is 526 g/mol. The highest BCUT2D eigenvalue weighted by Crippen LogP contribution is 2.39. The lowest BCUT2D eigenvalue weighted by Gasteiger charge is -2.13. The van der Waals surface area contributed by atoms with Crippen LogP contribution in [0.2, 0.25) is 0 Å². The van der Waals surface area contributed by atoms with Gasteiger partial charge in [-0.05, 0) is 42.3 Å². The number of aryl methyl sites for hydroxylation is 2. The van der Waals surface area contributed by atoms with Gasteiger partial charge in [0.25, 0.3) is 0 Å². The van der Waals surface area contributed by atoms with Crippen LogP contribution >= 0.6 is 0 Å². The number of ether oxygens (including phenoxy) is 1. The Morgan fingerprint density at radius 2 is 1.68 bits per heavy atom. The van der Waals surface area contributed by atoms with Gasteiger partial charge in [-0.1, -0.05) is 35.9 Å². The van der Waals surface area contributed by atoms with Crippen molar-refractivity contribution in [1.82, 2.24) is 19.7 Å². The summed E-state index contributed by atoms with van der Waals surface area (Å²) < 4.78 is 76.3. The third kappa shape index (κ3) is 5.13. The fourth-order valence-electron chi connectivity index (χ4n) is 4.02. The highest BCUT2D eigenvalue weighted by Gasteiger charge is 2.34. The van der Waals surface area contributed by atoms with E-state index >= 15 is 0 Å². The molecule has 0 fully saturated rings. The zero-order valence-corrected chi connectivity index (χ0v) is 20.0. The van der Waals surface area contributed by atoms with E-state index in [4.69, 9.17) is 4.42 Å². The van der Waals surface area contributed by atoms with Crippen molar-refractivity contribution in [3.8, 4) is 45.3 Å². The van der Waals surface area contributed by atoms with Gasteiger partial charge >= 0.3 is 12.8 Å². The molecule has 5 rings (SSSR count). The predicted molar refractivity (Wildman–Crippen MR) is 129 cm³/mol. The average Bonchev–Trinajstić information content (AvgIpc) is 3.51. The molecular formula is C27H19F5N4O2. The van der Waals surface area contributed by atoms with Crippen molar-refractivity contribution in [3.05, 3.63) is 90.2 Å². The van der Waals surface area contributed by atoms with Crippen LogP contribution in [-0.4, -0.2) is 26.4 Å². The minimum atomic E-state index is -4.61. The van der Waals surface area contributed by atoms with Crippen LogP contribution in [0.15, 0.2) is 77.5 Å². The van der Waals surface area contributed by atoms with E-state index in [-0.39, 0.29) is 17.5 Å². The standard InChI is InChI=1S/C27H19F5N4O2/c1-15-4-3-5-17(12-15)18-6-8-21(36-11-10-22(35-36)27(30,31)32)20(13-18)24-25(37-16(2)34-24)19-7-9-23(33-14-19)38-26(28)29/h3-14,26H,1-2H3. The first-order valence-corrected chi connectivity index (χ1v) is 11.3. The van der Waals surface area contributed by atoms with Gasteiger partial charge in [-0.3, -0.25) is 0 Å². The Balaban J connectivity index is 1.68. The Kier molecular flexibility index (Phi) is 6.43. The summed E-state index contributed by atoms with van der Waals surface area (Å²) in [6.45, 7) is 0.544. The number of pyridine rings is 1. The van der Waals surface area contributed by atoms with Gasteiger partial charge in [-0.15, -0.1) is 0 Å². The van der Waals surface area contributed by atoms with Crippen LogP contribution in [0.3, 0.4) is 0 Å². The molecule has 0 aliphatic carbocycles. The lowest BCUT2D eigenvalue weighted by Crippen LogP contribution is -2.07. The molecule has 5 aromatic rings. The highest BCUT2D eigenvalue weighted by atomic mass is 19.4. The summed E-state index contributed by atoms with van der Waals surface area (Å²) in [5.41, 5.74) is 3.18. The van der Waals surface area contributed by atoms with E-state index in [0.29, 0.717) is 22.5 Å². The number of oxazole rings is 1. The molecule has 11 heteroatoms. The van der Waals surface area contributed by atoms with Gasteiger partial charge < -0.3 is 9.15 Å². The van der Waals surface area contributed by atoms with Crippen LogP contribution in [0.5, 0.6) is 5.88 Å². The van der Waals surface area contributed by atoms with E-state index in [2.05, 4.69) is 19.8 Å². The number of aromatic nitrogens is 4. The van der Waals surface area contributed by atoms with Gasteiger partial charge in [-0.2, -0.15) is 27.1 Å². The summed E-state index contributed by atoms with van der Waals surface area (Å²) in [6, 6.07) is 16.6. The number of halogens is 5. The summed E-state index contributed by atoms with van der Waals surface area (Å²) in [5.74, 6) is 0.260. The SMILES string of the molecule is Cc1cccc(-c2ccc(-n3ccc(C(F)(F)F)n3)c(-c3nc(C)oc3-c3ccc(OC(F)F)nc3)c2)c1. The second-order valence-electron chi connectivity index (χ2n) is 8.42. The molecular weight excluding hydrogens is 507 g/mol. The first-order chi connectivity index (χ1) is 18.1. The summed E-state index contributed by atoms with van der Waals surface area (Å²) >= 11 is 0. The fraction of sp³-hybridized carbons (Fsp3) is 0.148. The molecule has 0 atom stereocenters. The second-order valence-corrected chi connectivity index (χ2v) is 8.42. The van der Waals surface area contributed by atoms with Crippen LogP contribution in [0.25, 0.3) is 39.4 Å². The largest absolute Gasteiger partial charge is 0.440 e. The minimum Gasteiger partial charge on any atom is -0.440 e. The topological polar surface area (TPSA) is 66.0 Å². The zero-order chi connectivity index (χ0) is 27.0. The van der Waals surface area contributed by atoms with Crippen molar-refractivity contribution >= 4 is 0 Å². The maximum atomic E-state index is 13.3. The number of hydrogen-bond donors (Lipinski definition) is 0. The van der Waals surface area contributed by atoms with E-state index < -0.39 is 18.5 Å². The molecule has 0 saturated carbocycles. The van der Waals surface area contributed by atoms with Crippen LogP contribution in [0.1, 0.15) is 17.1 Å². The monoisotopic (exact) mass is 526 g/mol. The van der Waals surface area contributed by atoms with Gasteiger partial charge in [0.05, 0.1) is 5.69 Å². The van der Waals surface area contributed by atoms with Crippen LogP contribution in [0.4, 0.5) is 22.0 Å². The molecule has 0 aliphatic heterocycles. The molecule has 3 aromatic heterocycles. The molecule has 0 spiro atoms. The molecule has 2 aromatic carbocycles. The van der Waals surface area contributed by atoms with Crippen molar-refractivity contribution < 1.29 is 31.1 Å². The highest BCUT2D eigenvalue weighted by molar-refractivity contribution is 5.84. The van der Waals surface area contributed by atoms with Crippen LogP contribution in [0, 0.1) is 13.8 Å². The number of nitrogens with zero attached hydrogens (tertiary/aromatic N) is 4. The Labute approximate surface area is 213 Å². The molecule has 3 heterocycles.